The van der Waals surface area contributed by atoms with E-state index >= 15 is 0 Å². The van der Waals surface area contributed by atoms with Crippen LogP contribution in [0, 0.1) is 5.92 Å². The van der Waals surface area contributed by atoms with Crippen LogP contribution in [0.1, 0.15) is 18.6 Å². The van der Waals surface area contributed by atoms with Crippen molar-refractivity contribution in [3.8, 4) is 0 Å². The Labute approximate surface area is 137 Å². The summed E-state index contributed by atoms with van der Waals surface area (Å²) in [4.78, 5) is 6.37. The van der Waals surface area contributed by atoms with E-state index in [-0.39, 0.29) is 0 Å². The highest BCUT2D eigenvalue weighted by Gasteiger charge is 2.20. The van der Waals surface area contributed by atoms with Crippen LogP contribution < -0.4 is 5.32 Å². The molecule has 0 atom stereocenters. The molecule has 0 aliphatic heterocycles. The smallest absolute Gasteiger partial charge is 0.193 e. The van der Waals surface area contributed by atoms with Crippen molar-refractivity contribution in [2.75, 3.05) is 33.9 Å². The second-order valence-corrected chi connectivity index (χ2v) is 6.10. The summed E-state index contributed by atoms with van der Waals surface area (Å²) in [6, 6.07) is 10.1. The number of hydrogen-bond donors (Lipinski definition) is 1. The van der Waals surface area contributed by atoms with Crippen molar-refractivity contribution in [1.82, 2.24) is 10.2 Å². The maximum Gasteiger partial charge on any atom is 0.193 e. The summed E-state index contributed by atoms with van der Waals surface area (Å²) in [5.74, 6) is 2.59. The lowest BCUT2D eigenvalue weighted by molar-refractivity contribution is 0.128. The number of para-hydroxylation sites is 1. The number of aliphatic imine (C=N–C) groups is 1. The van der Waals surface area contributed by atoms with Gasteiger partial charge in [-0.05, 0) is 30.9 Å². The van der Waals surface area contributed by atoms with E-state index in [1.54, 1.807) is 7.05 Å². The summed E-state index contributed by atoms with van der Waals surface area (Å²) < 4.78 is 11.5. The second-order valence-electron chi connectivity index (χ2n) is 6.10. The SMILES string of the molecule is CN=C(NCCOCC1CC1)N(C)Cc1cc2ccccc2o1. The summed E-state index contributed by atoms with van der Waals surface area (Å²) in [7, 11) is 3.80. The number of hydrogen-bond acceptors (Lipinski definition) is 3. The normalized spacial score (nSPS) is 15.1. The Hall–Kier alpha value is -2.01. The van der Waals surface area contributed by atoms with Gasteiger partial charge in [0.2, 0.25) is 0 Å². The third-order valence-electron chi connectivity index (χ3n) is 4.02. The largest absolute Gasteiger partial charge is 0.459 e. The zero-order valence-corrected chi connectivity index (χ0v) is 13.9. The molecule has 124 valence electrons. The van der Waals surface area contributed by atoms with E-state index in [9.17, 15) is 0 Å². The summed E-state index contributed by atoms with van der Waals surface area (Å²) in [5, 5.41) is 4.46. The molecule has 1 saturated carbocycles. The first-order valence-electron chi connectivity index (χ1n) is 8.23. The van der Waals surface area contributed by atoms with Gasteiger partial charge in [-0.1, -0.05) is 18.2 Å². The van der Waals surface area contributed by atoms with Crippen molar-refractivity contribution in [3.63, 3.8) is 0 Å². The Morgan fingerprint density at radius 1 is 1.39 bits per heavy atom. The van der Waals surface area contributed by atoms with Gasteiger partial charge >= 0.3 is 0 Å². The Kier molecular flexibility index (Phi) is 5.18. The standard InChI is InChI=1S/C18H25N3O2/c1-19-18(20-9-10-22-13-14-7-8-14)21(2)12-16-11-15-5-3-4-6-17(15)23-16/h3-6,11,14H,7-10,12-13H2,1-2H3,(H,19,20). The highest BCUT2D eigenvalue weighted by molar-refractivity contribution is 5.80. The number of nitrogens with zero attached hydrogens (tertiary/aromatic N) is 2. The molecule has 1 aromatic heterocycles. The molecule has 1 N–H and O–H groups in total. The molecule has 5 nitrogen and oxygen atoms in total. The van der Waals surface area contributed by atoms with Crippen LogP contribution in [0.3, 0.4) is 0 Å². The van der Waals surface area contributed by atoms with E-state index in [4.69, 9.17) is 9.15 Å². The molecule has 0 bridgehead atoms. The molecule has 1 aromatic carbocycles. The lowest BCUT2D eigenvalue weighted by atomic mass is 10.2. The van der Waals surface area contributed by atoms with Gasteiger partial charge in [0.25, 0.3) is 0 Å². The van der Waals surface area contributed by atoms with E-state index < -0.39 is 0 Å². The van der Waals surface area contributed by atoms with E-state index in [0.717, 1.165) is 41.8 Å². The monoisotopic (exact) mass is 315 g/mol. The van der Waals surface area contributed by atoms with Crippen LogP contribution in [-0.4, -0.2) is 44.7 Å². The van der Waals surface area contributed by atoms with E-state index in [1.165, 1.54) is 12.8 Å². The summed E-state index contributed by atoms with van der Waals surface area (Å²) in [6.45, 7) is 3.06. The molecule has 0 amide bonds. The third-order valence-corrected chi connectivity index (χ3v) is 4.02. The van der Waals surface area contributed by atoms with Crippen molar-refractivity contribution in [2.24, 2.45) is 10.9 Å². The first-order chi connectivity index (χ1) is 11.3. The summed E-state index contributed by atoms with van der Waals surface area (Å²) in [6.07, 6.45) is 2.66. The van der Waals surface area contributed by atoms with Gasteiger partial charge in [-0.25, -0.2) is 0 Å². The van der Waals surface area contributed by atoms with Crippen LogP contribution in [0.15, 0.2) is 39.7 Å². The van der Waals surface area contributed by atoms with E-state index in [2.05, 4.69) is 27.3 Å². The van der Waals surface area contributed by atoms with Crippen LogP contribution in [0.25, 0.3) is 11.0 Å². The predicted octanol–water partition coefficient (Wildman–Crippen LogP) is 2.87. The van der Waals surface area contributed by atoms with Crippen molar-refractivity contribution in [3.05, 3.63) is 36.1 Å². The van der Waals surface area contributed by atoms with Crippen molar-refractivity contribution in [2.45, 2.75) is 19.4 Å². The van der Waals surface area contributed by atoms with Gasteiger partial charge in [-0.2, -0.15) is 0 Å². The number of guanidine groups is 1. The maximum absolute atomic E-state index is 5.86. The molecule has 0 radical (unpaired) electrons. The number of nitrogens with one attached hydrogen (secondary N) is 1. The zero-order valence-electron chi connectivity index (χ0n) is 13.9. The minimum atomic E-state index is 0.678. The summed E-state index contributed by atoms with van der Waals surface area (Å²) >= 11 is 0. The fourth-order valence-corrected chi connectivity index (χ4v) is 2.58. The number of rotatable bonds is 7. The predicted molar refractivity (Wildman–Crippen MR) is 92.6 cm³/mol. The lowest BCUT2D eigenvalue weighted by Crippen LogP contribution is -2.39. The molecule has 1 heterocycles. The molecule has 0 saturated heterocycles. The first kappa shape index (κ1) is 15.9. The minimum Gasteiger partial charge on any atom is -0.459 e. The fourth-order valence-electron chi connectivity index (χ4n) is 2.58. The number of ether oxygens (including phenoxy) is 1. The Balaban J connectivity index is 1.47. The average Bonchev–Trinajstić information content (AvgIpc) is 3.28. The van der Waals surface area contributed by atoms with Gasteiger partial charge in [-0.3, -0.25) is 4.99 Å². The Morgan fingerprint density at radius 3 is 2.96 bits per heavy atom. The van der Waals surface area contributed by atoms with E-state index in [1.807, 2.05) is 25.2 Å². The number of furan rings is 1. The molecule has 0 unspecified atom stereocenters. The molecule has 3 rings (SSSR count). The van der Waals surface area contributed by atoms with Gasteiger partial charge < -0.3 is 19.4 Å². The van der Waals surface area contributed by atoms with Crippen LogP contribution in [0.2, 0.25) is 0 Å². The molecule has 2 aromatic rings. The van der Waals surface area contributed by atoms with Crippen molar-refractivity contribution >= 4 is 16.9 Å². The molecule has 23 heavy (non-hydrogen) atoms. The topological polar surface area (TPSA) is 50.0 Å². The van der Waals surface area contributed by atoms with Crippen LogP contribution in [-0.2, 0) is 11.3 Å². The van der Waals surface area contributed by atoms with E-state index in [0.29, 0.717) is 13.2 Å². The highest BCUT2D eigenvalue weighted by atomic mass is 16.5. The van der Waals surface area contributed by atoms with Gasteiger partial charge in [0.15, 0.2) is 5.96 Å². The molecule has 0 spiro atoms. The highest BCUT2D eigenvalue weighted by Crippen LogP contribution is 2.28. The lowest BCUT2D eigenvalue weighted by Gasteiger charge is -2.21. The van der Waals surface area contributed by atoms with Crippen LogP contribution in [0.4, 0.5) is 0 Å². The number of fused-ring (bicyclic) bond motifs is 1. The molecule has 1 fully saturated rings. The molecule has 5 heteroatoms. The third kappa shape index (κ3) is 4.48. The second kappa shape index (κ2) is 7.51. The maximum atomic E-state index is 5.86. The first-order valence-corrected chi connectivity index (χ1v) is 8.23. The van der Waals surface area contributed by atoms with Crippen molar-refractivity contribution in [1.29, 1.82) is 0 Å². The average molecular weight is 315 g/mol. The summed E-state index contributed by atoms with van der Waals surface area (Å²) in [5.41, 5.74) is 0.923. The Morgan fingerprint density at radius 2 is 2.22 bits per heavy atom. The quantitative estimate of drug-likeness (QED) is 0.485. The molecule has 1 aliphatic rings. The number of benzene rings is 1. The van der Waals surface area contributed by atoms with Crippen molar-refractivity contribution < 1.29 is 9.15 Å². The molecular weight excluding hydrogens is 290 g/mol. The van der Waals surface area contributed by atoms with Gasteiger partial charge in [0.1, 0.15) is 11.3 Å². The van der Waals surface area contributed by atoms with Crippen LogP contribution >= 0.6 is 0 Å². The molecular formula is C18H25N3O2. The van der Waals surface area contributed by atoms with Gasteiger partial charge in [0.05, 0.1) is 13.2 Å². The Bertz CT molecular complexity index is 628. The molecule has 1 aliphatic carbocycles. The van der Waals surface area contributed by atoms with Gasteiger partial charge in [-0.15, -0.1) is 0 Å². The van der Waals surface area contributed by atoms with Gasteiger partial charge in [0, 0.05) is 32.6 Å². The van der Waals surface area contributed by atoms with Crippen LogP contribution in [0.5, 0.6) is 0 Å². The minimum absolute atomic E-state index is 0.678. The zero-order chi connectivity index (χ0) is 16.1. The fraction of sp³-hybridized carbons (Fsp3) is 0.500.